The number of hydrogen-bond acceptors (Lipinski definition) is 3. The molecule has 3 rings (SSSR count). The van der Waals surface area contributed by atoms with Gasteiger partial charge < -0.3 is 15.4 Å². The predicted molar refractivity (Wildman–Crippen MR) is 111 cm³/mol. The SMILES string of the molecule is COc1ccc(C(=O)Nc2ccccc2NC(=O)Cc2ccc(Cl)cc2)cc1. The quantitative estimate of drug-likeness (QED) is 0.632. The molecule has 2 amide bonds. The van der Waals surface area contributed by atoms with Gasteiger partial charge in [-0.05, 0) is 54.1 Å². The minimum atomic E-state index is -0.276. The van der Waals surface area contributed by atoms with E-state index in [1.165, 1.54) is 0 Å². The van der Waals surface area contributed by atoms with Gasteiger partial charge in [-0.15, -0.1) is 0 Å². The molecule has 0 atom stereocenters. The second kappa shape index (κ2) is 9.06. The van der Waals surface area contributed by atoms with Gasteiger partial charge in [0.15, 0.2) is 0 Å². The van der Waals surface area contributed by atoms with Gasteiger partial charge in [0.1, 0.15) is 5.75 Å². The summed E-state index contributed by atoms with van der Waals surface area (Å²) in [5.74, 6) is 0.210. The summed E-state index contributed by atoms with van der Waals surface area (Å²) in [5, 5.41) is 6.29. The molecule has 0 saturated heterocycles. The number of amides is 2. The molecule has 0 aliphatic rings. The van der Waals surface area contributed by atoms with Crippen LogP contribution >= 0.6 is 11.6 Å². The summed E-state index contributed by atoms with van der Waals surface area (Å²) in [6, 6.07) is 20.9. The molecule has 3 aromatic rings. The van der Waals surface area contributed by atoms with E-state index in [1.807, 2.05) is 0 Å². The molecule has 2 N–H and O–H groups in total. The zero-order valence-electron chi connectivity index (χ0n) is 15.2. The number of anilines is 2. The molecule has 0 aromatic heterocycles. The minimum absolute atomic E-state index is 0.187. The molecular formula is C22H19ClN2O3. The fourth-order valence-electron chi connectivity index (χ4n) is 2.62. The van der Waals surface area contributed by atoms with Crippen molar-refractivity contribution in [3.05, 3.63) is 88.9 Å². The Morgan fingerprint density at radius 1 is 0.857 bits per heavy atom. The maximum absolute atomic E-state index is 12.5. The lowest BCUT2D eigenvalue weighted by Gasteiger charge is -2.12. The molecule has 3 aromatic carbocycles. The molecule has 0 unspecified atom stereocenters. The number of carbonyl (C=O) groups is 2. The predicted octanol–water partition coefficient (Wildman–Crippen LogP) is 4.78. The lowest BCUT2D eigenvalue weighted by molar-refractivity contribution is -0.115. The third kappa shape index (κ3) is 5.11. The van der Waals surface area contributed by atoms with Crippen LogP contribution in [0.4, 0.5) is 11.4 Å². The number of halogens is 1. The Balaban J connectivity index is 1.68. The van der Waals surface area contributed by atoms with Crippen molar-refractivity contribution in [3.8, 4) is 5.75 Å². The van der Waals surface area contributed by atoms with E-state index < -0.39 is 0 Å². The Bertz CT molecular complexity index is 970. The fraction of sp³-hybridized carbons (Fsp3) is 0.0909. The normalized spacial score (nSPS) is 10.2. The zero-order valence-corrected chi connectivity index (χ0v) is 16.0. The average molecular weight is 395 g/mol. The number of methoxy groups -OCH3 is 1. The molecule has 0 aliphatic heterocycles. The number of rotatable bonds is 6. The molecule has 5 nitrogen and oxygen atoms in total. The number of carbonyl (C=O) groups excluding carboxylic acids is 2. The van der Waals surface area contributed by atoms with E-state index in [0.717, 1.165) is 5.56 Å². The van der Waals surface area contributed by atoms with Gasteiger partial charge >= 0.3 is 0 Å². The summed E-state index contributed by atoms with van der Waals surface area (Å²) in [6.45, 7) is 0. The van der Waals surface area contributed by atoms with Crippen molar-refractivity contribution in [2.24, 2.45) is 0 Å². The van der Waals surface area contributed by atoms with Gasteiger partial charge in [0.25, 0.3) is 5.91 Å². The Morgan fingerprint density at radius 2 is 1.46 bits per heavy atom. The first-order valence-electron chi connectivity index (χ1n) is 8.64. The van der Waals surface area contributed by atoms with E-state index in [-0.39, 0.29) is 18.2 Å². The van der Waals surface area contributed by atoms with Gasteiger partial charge in [0.05, 0.1) is 24.9 Å². The Kier molecular flexibility index (Phi) is 6.29. The van der Waals surface area contributed by atoms with Crippen LogP contribution in [0.3, 0.4) is 0 Å². The topological polar surface area (TPSA) is 67.4 Å². The second-order valence-electron chi connectivity index (χ2n) is 6.08. The van der Waals surface area contributed by atoms with Gasteiger partial charge in [-0.3, -0.25) is 9.59 Å². The molecule has 28 heavy (non-hydrogen) atoms. The van der Waals surface area contributed by atoms with Crippen molar-refractivity contribution in [1.82, 2.24) is 0 Å². The summed E-state index contributed by atoms with van der Waals surface area (Å²) in [4.78, 5) is 24.9. The van der Waals surface area contributed by atoms with Gasteiger partial charge in [-0.2, -0.15) is 0 Å². The Morgan fingerprint density at radius 3 is 2.07 bits per heavy atom. The van der Waals surface area contributed by atoms with Crippen molar-refractivity contribution in [2.75, 3.05) is 17.7 Å². The molecule has 0 saturated carbocycles. The fourth-order valence-corrected chi connectivity index (χ4v) is 2.75. The molecule has 0 spiro atoms. The summed E-state index contributed by atoms with van der Waals surface area (Å²) in [7, 11) is 1.57. The van der Waals surface area contributed by atoms with E-state index in [2.05, 4.69) is 10.6 Å². The minimum Gasteiger partial charge on any atom is -0.497 e. The van der Waals surface area contributed by atoms with Crippen LogP contribution in [0.5, 0.6) is 5.75 Å². The van der Waals surface area contributed by atoms with Crippen LogP contribution in [0.1, 0.15) is 15.9 Å². The molecule has 142 valence electrons. The van der Waals surface area contributed by atoms with Crippen molar-refractivity contribution in [1.29, 1.82) is 0 Å². The van der Waals surface area contributed by atoms with E-state index in [1.54, 1.807) is 79.9 Å². The van der Waals surface area contributed by atoms with Crippen molar-refractivity contribution in [3.63, 3.8) is 0 Å². The van der Waals surface area contributed by atoms with E-state index in [9.17, 15) is 9.59 Å². The number of benzene rings is 3. The van der Waals surface area contributed by atoms with Crippen LogP contribution in [-0.4, -0.2) is 18.9 Å². The van der Waals surface area contributed by atoms with Crippen LogP contribution < -0.4 is 15.4 Å². The summed E-state index contributed by atoms with van der Waals surface area (Å²) in [6.07, 6.45) is 0.206. The van der Waals surface area contributed by atoms with E-state index in [0.29, 0.717) is 27.7 Å². The summed E-state index contributed by atoms with van der Waals surface area (Å²) >= 11 is 5.87. The van der Waals surface area contributed by atoms with Crippen molar-refractivity contribution in [2.45, 2.75) is 6.42 Å². The van der Waals surface area contributed by atoms with Gasteiger partial charge in [-0.25, -0.2) is 0 Å². The largest absolute Gasteiger partial charge is 0.497 e. The maximum atomic E-state index is 12.5. The van der Waals surface area contributed by atoms with E-state index >= 15 is 0 Å². The van der Waals surface area contributed by atoms with Crippen molar-refractivity contribution < 1.29 is 14.3 Å². The molecule has 0 radical (unpaired) electrons. The van der Waals surface area contributed by atoms with Gasteiger partial charge in [0.2, 0.25) is 5.91 Å². The van der Waals surface area contributed by atoms with Gasteiger partial charge in [0, 0.05) is 10.6 Å². The first-order chi connectivity index (χ1) is 13.5. The smallest absolute Gasteiger partial charge is 0.255 e. The highest BCUT2D eigenvalue weighted by Crippen LogP contribution is 2.23. The lowest BCUT2D eigenvalue weighted by atomic mass is 10.1. The molecule has 0 bridgehead atoms. The molecular weight excluding hydrogens is 376 g/mol. The van der Waals surface area contributed by atoms with Crippen LogP contribution in [0.2, 0.25) is 5.02 Å². The summed E-state index contributed by atoms with van der Waals surface area (Å²) < 4.78 is 5.10. The molecule has 6 heteroatoms. The third-order valence-corrected chi connectivity index (χ3v) is 4.33. The second-order valence-corrected chi connectivity index (χ2v) is 6.52. The van der Waals surface area contributed by atoms with E-state index in [4.69, 9.17) is 16.3 Å². The molecule has 0 heterocycles. The zero-order chi connectivity index (χ0) is 19.9. The monoisotopic (exact) mass is 394 g/mol. The highest BCUT2D eigenvalue weighted by Gasteiger charge is 2.11. The number of para-hydroxylation sites is 2. The standard InChI is InChI=1S/C22H19ClN2O3/c1-28-18-12-8-16(9-13-18)22(27)25-20-5-3-2-4-19(20)24-21(26)14-15-6-10-17(23)11-7-15/h2-13H,14H2,1H3,(H,24,26)(H,25,27). The first-order valence-corrected chi connectivity index (χ1v) is 9.01. The van der Waals surface area contributed by atoms with Crippen LogP contribution in [-0.2, 0) is 11.2 Å². The first kappa shape index (κ1) is 19.5. The number of ether oxygens (including phenoxy) is 1. The maximum Gasteiger partial charge on any atom is 0.255 e. The third-order valence-electron chi connectivity index (χ3n) is 4.08. The summed E-state index contributed by atoms with van der Waals surface area (Å²) in [5.41, 5.74) is 2.39. The molecule has 0 aliphatic carbocycles. The average Bonchev–Trinajstić information content (AvgIpc) is 2.71. The molecule has 0 fully saturated rings. The highest BCUT2D eigenvalue weighted by molar-refractivity contribution is 6.30. The van der Waals surface area contributed by atoms with Crippen molar-refractivity contribution >= 4 is 34.8 Å². The number of nitrogens with one attached hydrogen (secondary N) is 2. The lowest BCUT2D eigenvalue weighted by Crippen LogP contribution is -2.18. The van der Waals surface area contributed by atoms with Crippen LogP contribution in [0.25, 0.3) is 0 Å². The Labute approximate surface area is 168 Å². The number of hydrogen-bond donors (Lipinski definition) is 2. The van der Waals surface area contributed by atoms with Crippen LogP contribution in [0, 0.1) is 0 Å². The van der Waals surface area contributed by atoms with Gasteiger partial charge in [-0.1, -0.05) is 35.9 Å². The Hall–Kier alpha value is -3.31. The van der Waals surface area contributed by atoms with Crippen LogP contribution in [0.15, 0.2) is 72.8 Å². The highest BCUT2D eigenvalue weighted by atomic mass is 35.5.